The minimum atomic E-state index is -0.0887. The van der Waals surface area contributed by atoms with Gasteiger partial charge in [0.05, 0.1) is 5.56 Å². The maximum atomic E-state index is 14.1. The highest BCUT2D eigenvalue weighted by atomic mass is 35.5. The quantitative estimate of drug-likeness (QED) is 0.290. The molecular weight excluding hydrogens is 468 g/mol. The molecule has 0 bridgehead atoms. The van der Waals surface area contributed by atoms with Gasteiger partial charge in [-0.3, -0.25) is 4.79 Å². The second-order valence-electron chi connectivity index (χ2n) is 9.17. The summed E-state index contributed by atoms with van der Waals surface area (Å²) < 4.78 is 6.12. The summed E-state index contributed by atoms with van der Waals surface area (Å²) in [5.41, 5.74) is 2.67. The van der Waals surface area contributed by atoms with Crippen molar-refractivity contribution in [1.82, 2.24) is 5.32 Å². The molecule has 2 atom stereocenters. The van der Waals surface area contributed by atoms with Crippen LogP contribution in [0, 0.1) is 11.8 Å². The highest BCUT2D eigenvalue weighted by Crippen LogP contribution is 2.31. The third-order valence-corrected chi connectivity index (χ3v) is 6.96. The molecule has 0 aliphatic carbocycles. The lowest BCUT2D eigenvalue weighted by Gasteiger charge is -2.29. The molecule has 4 aromatic carbocycles. The van der Waals surface area contributed by atoms with Crippen LogP contribution in [-0.2, 0) is 6.42 Å². The molecule has 0 spiro atoms. The van der Waals surface area contributed by atoms with Gasteiger partial charge in [-0.1, -0.05) is 72.3 Å². The molecule has 0 aromatic heterocycles. The summed E-state index contributed by atoms with van der Waals surface area (Å²) in [6.45, 7) is 2.41. The summed E-state index contributed by atoms with van der Waals surface area (Å²) in [5, 5.41) is 4.19. The number of para-hydroxylation sites is 2. The van der Waals surface area contributed by atoms with Crippen molar-refractivity contribution in [2.75, 3.05) is 24.5 Å². The Hall–Kier alpha value is -3.60. The number of ether oxygens (including phenoxy) is 1. The predicted molar refractivity (Wildman–Crippen MR) is 146 cm³/mol. The second-order valence-corrected chi connectivity index (χ2v) is 9.61. The van der Waals surface area contributed by atoms with Crippen LogP contribution >= 0.6 is 11.6 Å². The Kier molecular flexibility index (Phi) is 7.65. The van der Waals surface area contributed by atoms with Crippen molar-refractivity contribution in [2.24, 2.45) is 11.8 Å². The van der Waals surface area contributed by atoms with E-state index in [0.717, 1.165) is 25.2 Å². The Labute approximate surface area is 217 Å². The molecule has 0 saturated carbocycles. The monoisotopic (exact) mass is 496 g/mol. The fourth-order valence-corrected chi connectivity index (χ4v) is 4.94. The van der Waals surface area contributed by atoms with Gasteiger partial charge in [-0.25, -0.2) is 0 Å². The summed E-state index contributed by atoms with van der Waals surface area (Å²) in [4.78, 5) is 16.0. The van der Waals surface area contributed by atoms with E-state index in [1.165, 1.54) is 5.56 Å². The molecule has 1 fully saturated rings. The van der Waals surface area contributed by atoms with E-state index in [9.17, 15) is 4.79 Å². The minimum Gasteiger partial charge on any atom is -0.457 e. The van der Waals surface area contributed by atoms with E-state index < -0.39 is 0 Å². The largest absolute Gasteiger partial charge is 0.457 e. The molecule has 4 aromatic rings. The lowest BCUT2D eigenvalue weighted by molar-refractivity contribution is 0.0979. The number of hydrogen-bond donors (Lipinski definition) is 1. The molecule has 2 unspecified atom stereocenters. The number of nitrogens with zero attached hydrogens (tertiary/aromatic N) is 1. The summed E-state index contributed by atoms with van der Waals surface area (Å²) in [6.07, 6.45) is 0.981. The second kappa shape index (κ2) is 11.4. The third-order valence-electron chi connectivity index (χ3n) is 6.71. The topological polar surface area (TPSA) is 41.6 Å². The van der Waals surface area contributed by atoms with Crippen LogP contribution in [0.4, 0.5) is 5.69 Å². The minimum absolute atomic E-state index is 0.0887. The number of amides is 1. The van der Waals surface area contributed by atoms with Crippen molar-refractivity contribution in [3.05, 3.63) is 125 Å². The van der Waals surface area contributed by atoms with Gasteiger partial charge in [0.2, 0.25) is 0 Å². The first kappa shape index (κ1) is 24.1. The molecule has 1 saturated heterocycles. The Bertz CT molecular complexity index is 1280. The van der Waals surface area contributed by atoms with Gasteiger partial charge in [0.25, 0.3) is 5.91 Å². The van der Waals surface area contributed by atoms with Crippen LogP contribution in [0.5, 0.6) is 11.5 Å². The van der Waals surface area contributed by atoms with Crippen LogP contribution < -0.4 is 15.0 Å². The van der Waals surface area contributed by atoms with Crippen LogP contribution in [-0.4, -0.2) is 25.5 Å². The van der Waals surface area contributed by atoms with Gasteiger partial charge in [-0.15, -0.1) is 0 Å². The molecule has 4 nitrogen and oxygen atoms in total. The Morgan fingerprint density at radius 1 is 0.806 bits per heavy atom. The first-order valence-electron chi connectivity index (χ1n) is 12.3. The van der Waals surface area contributed by atoms with Gasteiger partial charge in [0.15, 0.2) is 0 Å². The van der Waals surface area contributed by atoms with E-state index in [4.69, 9.17) is 16.3 Å². The van der Waals surface area contributed by atoms with Crippen molar-refractivity contribution < 1.29 is 9.53 Å². The molecular formula is C31H29ClN2O2. The Morgan fingerprint density at radius 3 is 2.19 bits per heavy atom. The van der Waals surface area contributed by atoms with Crippen molar-refractivity contribution in [3.8, 4) is 11.5 Å². The van der Waals surface area contributed by atoms with Gasteiger partial charge < -0.3 is 15.0 Å². The fourth-order valence-electron chi connectivity index (χ4n) is 4.81. The first-order chi connectivity index (χ1) is 17.7. The number of carbonyl (C=O) groups excluding carboxylic acids is 1. The number of carbonyl (C=O) groups is 1. The molecule has 0 radical (unpaired) electrons. The standard InChI is InChI=1S/C31H29ClN2O2/c32-26-15-17-27(18-16-26)34(22-25-21-33-20-24(25)19-23-9-3-1-4-10-23)31(35)29-13-7-8-14-30(29)36-28-11-5-2-6-12-28/h1-18,24-25,33H,19-22H2. The zero-order valence-corrected chi connectivity index (χ0v) is 20.8. The smallest absolute Gasteiger partial charge is 0.262 e. The van der Waals surface area contributed by atoms with E-state index in [1.54, 1.807) is 0 Å². The molecule has 1 N–H and O–H groups in total. The maximum Gasteiger partial charge on any atom is 0.262 e. The molecule has 36 heavy (non-hydrogen) atoms. The van der Waals surface area contributed by atoms with Crippen LogP contribution in [0.15, 0.2) is 109 Å². The molecule has 182 valence electrons. The maximum absolute atomic E-state index is 14.1. The fraction of sp³-hybridized carbons (Fsp3) is 0.194. The number of hydrogen-bond acceptors (Lipinski definition) is 3. The van der Waals surface area contributed by atoms with Crippen LogP contribution in [0.2, 0.25) is 5.02 Å². The molecule has 1 amide bonds. The third kappa shape index (κ3) is 5.78. The van der Waals surface area contributed by atoms with Gasteiger partial charge in [-0.05, 0) is 85.4 Å². The normalized spacial score (nSPS) is 17.0. The summed E-state index contributed by atoms with van der Waals surface area (Å²) in [7, 11) is 0. The van der Waals surface area contributed by atoms with Crippen molar-refractivity contribution in [3.63, 3.8) is 0 Å². The van der Waals surface area contributed by atoms with E-state index in [0.29, 0.717) is 40.5 Å². The van der Waals surface area contributed by atoms with E-state index in [1.807, 2.05) is 89.8 Å². The Morgan fingerprint density at radius 2 is 1.44 bits per heavy atom. The lowest BCUT2D eigenvalue weighted by Crippen LogP contribution is -2.38. The van der Waals surface area contributed by atoms with Crippen molar-refractivity contribution in [2.45, 2.75) is 6.42 Å². The highest BCUT2D eigenvalue weighted by molar-refractivity contribution is 6.30. The van der Waals surface area contributed by atoms with Crippen LogP contribution in [0.3, 0.4) is 0 Å². The van der Waals surface area contributed by atoms with Gasteiger partial charge >= 0.3 is 0 Å². The van der Waals surface area contributed by atoms with Gasteiger partial charge in [-0.2, -0.15) is 0 Å². The number of nitrogens with one attached hydrogen (secondary N) is 1. The van der Waals surface area contributed by atoms with E-state index in [2.05, 4.69) is 29.6 Å². The molecule has 1 aliphatic rings. The van der Waals surface area contributed by atoms with Crippen LogP contribution in [0.1, 0.15) is 15.9 Å². The van der Waals surface area contributed by atoms with E-state index in [-0.39, 0.29) is 5.91 Å². The summed E-state index contributed by atoms with van der Waals surface area (Å²) in [6, 6.07) is 35.0. The number of benzene rings is 4. The lowest BCUT2D eigenvalue weighted by atomic mass is 9.89. The zero-order valence-electron chi connectivity index (χ0n) is 20.0. The van der Waals surface area contributed by atoms with Crippen LogP contribution in [0.25, 0.3) is 0 Å². The molecule has 1 aliphatic heterocycles. The number of rotatable bonds is 8. The van der Waals surface area contributed by atoms with Gasteiger partial charge in [0, 0.05) is 17.3 Å². The SMILES string of the molecule is O=C(c1ccccc1Oc1ccccc1)N(CC1CNCC1Cc1ccccc1)c1ccc(Cl)cc1. The predicted octanol–water partition coefficient (Wildman–Crippen LogP) is 6.86. The summed E-state index contributed by atoms with van der Waals surface area (Å²) in [5.74, 6) is 1.89. The number of anilines is 1. The Balaban J connectivity index is 1.43. The molecule has 5 heteroatoms. The first-order valence-corrected chi connectivity index (χ1v) is 12.7. The highest BCUT2D eigenvalue weighted by Gasteiger charge is 2.32. The van der Waals surface area contributed by atoms with E-state index >= 15 is 0 Å². The average molecular weight is 497 g/mol. The van der Waals surface area contributed by atoms with Gasteiger partial charge in [0.1, 0.15) is 11.5 Å². The number of halogens is 1. The average Bonchev–Trinajstić information content (AvgIpc) is 3.35. The molecule has 5 rings (SSSR count). The molecule has 1 heterocycles. The van der Waals surface area contributed by atoms with Crippen molar-refractivity contribution in [1.29, 1.82) is 0 Å². The van der Waals surface area contributed by atoms with Crippen molar-refractivity contribution >= 4 is 23.2 Å². The summed E-state index contributed by atoms with van der Waals surface area (Å²) >= 11 is 6.18. The zero-order chi connectivity index (χ0) is 24.7.